The Morgan fingerprint density at radius 2 is 1.77 bits per heavy atom. The van der Waals surface area contributed by atoms with Gasteiger partial charge >= 0.3 is 0 Å². The molecule has 1 N–H and O–H groups in total. The van der Waals surface area contributed by atoms with Crippen molar-refractivity contribution in [3.63, 3.8) is 0 Å². The number of imide groups is 1. The maximum atomic E-state index is 12.8. The van der Waals surface area contributed by atoms with Gasteiger partial charge in [-0.05, 0) is 54.2 Å². The van der Waals surface area contributed by atoms with E-state index in [4.69, 9.17) is 9.15 Å². The summed E-state index contributed by atoms with van der Waals surface area (Å²) in [6.07, 6.45) is 2.58. The smallest absolute Gasteiger partial charge is 0.294 e. The molecule has 1 aromatic heterocycles. The third-order valence-electron chi connectivity index (χ3n) is 5.70. The van der Waals surface area contributed by atoms with Gasteiger partial charge in [-0.2, -0.15) is 0 Å². The van der Waals surface area contributed by atoms with Crippen LogP contribution in [0.15, 0.2) is 68.9 Å². The molecule has 0 bridgehead atoms. The maximum absolute atomic E-state index is 12.8. The highest BCUT2D eigenvalue weighted by atomic mass is 32.2. The number of nitrogens with one attached hydrogen (secondary N) is 1. The zero-order chi connectivity index (χ0) is 24.4. The SMILES string of the molecule is O=C(CN1C(=O)S/C(=C\c2coc3ccccc3c2=O)C1=O)Nc1ccc(N2CCOCC2)cc1. The summed E-state index contributed by atoms with van der Waals surface area (Å²) >= 11 is 0.679. The molecule has 2 aliphatic heterocycles. The Bertz CT molecular complexity index is 1390. The highest BCUT2D eigenvalue weighted by molar-refractivity contribution is 8.18. The molecule has 10 heteroatoms. The number of benzene rings is 2. The molecule has 3 amide bonds. The van der Waals surface area contributed by atoms with Crippen molar-refractivity contribution in [2.45, 2.75) is 0 Å². The molecule has 178 valence electrons. The average molecular weight is 492 g/mol. The number of thioether (sulfide) groups is 1. The molecule has 3 heterocycles. The third kappa shape index (κ3) is 4.84. The number of nitrogens with zero attached hydrogens (tertiary/aromatic N) is 2. The second kappa shape index (κ2) is 9.77. The van der Waals surface area contributed by atoms with Gasteiger partial charge in [0.2, 0.25) is 5.91 Å². The van der Waals surface area contributed by atoms with Crippen molar-refractivity contribution in [1.82, 2.24) is 4.90 Å². The molecule has 2 saturated heterocycles. The predicted molar refractivity (Wildman–Crippen MR) is 133 cm³/mol. The fraction of sp³-hybridized carbons (Fsp3) is 0.200. The van der Waals surface area contributed by atoms with E-state index in [9.17, 15) is 19.2 Å². The van der Waals surface area contributed by atoms with Crippen molar-refractivity contribution in [2.24, 2.45) is 0 Å². The first-order chi connectivity index (χ1) is 17.0. The van der Waals surface area contributed by atoms with Gasteiger partial charge in [-0.15, -0.1) is 0 Å². The van der Waals surface area contributed by atoms with Gasteiger partial charge in [-0.1, -0.05) is 12.1 Å². The summed E-state index contributed by atoms with van der Waals surface area (Å²) in [4.78, 5) is 53.5. The van der Waals surface area contributed by atoms with Crippen LogP contribution in [-0.2, 0) is 14.3 Å². The monoisotopic (exact) mass is 491 g/mol. The molecule has 0 radical (unpaired) electrons. The summed E-state index contributed by atoms with van der Waals surface area (Å²) in [5.74, 6) is -1.14. The highest BCUT2D eigenvalue weighted by Gasteiger charge is 2.36. The van der Waals surface area contributed by atoms with Crippen LogP contribution in [0.4, 0.5) is 16.2 Å². The van der Waals surface area contributed by atoms with Gasteiger partial charge in [0, 0.05) is 24.5 Å². The molecule has 2 aliphatic rings. The fourth-order valence-corrected chi connectivity index (χ4v) is 4.72. The summed E-state index contributed by atoms with van der Waals surface area (Å²) in [7, 11) is 0. The number of amides is 3. The molecule has 9 nitrogen and oxygen atoms in total. The number of ether oxygens (including phenoxy) is 1. The fourth-order valence-electron chi connectivity index (χ4n) is 3.89. The molecule has 0 unspecified atom stereocenters. The van der Waals surface area contributed by atoms with E-state index < -0.39 is 23.6 Å². The number of anilines is 2. The van der Waals surface area contributed by atoms with Crippen molar-refractivity contribution >= 4 is 57.2 Å². The Morgan fingerprint density at radius 3 is 2.54 bits per heavy atom. The average Bonchev–Trinajstić information content (AvgIpc) is 3.14. The van der Waals surface area contributed by atoms with Crippen LogP contribution in [-0.4, -0.2) is 54.8 Å². The van der Waals surface area contributed by atoms with Crippen LogP contribution in [0.3, 0.4) is 0 Å². The molecule has 0 spiro atoms. The summed E-state index contributed by atoms with van der Waals surface area (Å²) in [6.45, 7) is 2.53. The van der Waals surface area contributed by atoms with E-state index in [-0.39, 0.29) is 15.9 Å². The van der Waals surface area contributed by atoms with Crippen LogP contribution in [0, 0.1) is 0 Å². The number of hydrogen-bond acceptors (Lipinski definition) is 8. The lowest BCUT2D eigenvalue weighted by Crippen LogP contribution is -2.36. The molecular weight excluding hydrogens is 470 g/mol. The molecule has 5 rings (SSSR count). The van der Waals surface area contributed by atoms with Crippen molar-refractivity contribution in [3.05, 3.63) is 75.5 Å². The van der Waals surface area contributed by atoms with Crippen LogP contribution in [0.2, 0.25) is 0 Å². The zero-order valence-corrected chi connectivity index (χ0v) is 19.4. The Hall–Kier alpha value is -3.89. The number of para-hydroxylation sites is 1. The molecule has 3 aromatic rings. The van der Waals surface area contributed by atoms with E-state index in [0.717, 1.165) is 23.7 Å². The van der Waals surface area contributed by atoms with E-state index in [0.29, 0.717) is 41.6 Å². The van der Waals surface area contributed by atoms with Crippen LogP contribution < -0.4 is 15.6 Å². The molecule has 0 aliphatic carbocycles. The van der Waals surface area contributed by atoms with Crippen molar-refractivity contribution in [2.75, 3.05) is 43.1 Å². The Balaban J connectivity index is 1.25. The normalized spacial score (nSPS) is 17.4. The van der Waals surface area contributed by atoms with Gasteiger partial charge in [0.25, 0.3) is 11.1 Å². The molecule has 0 atom stereocenters. The van der Waals surface area contributed by atoms with Crippen LogP contribution in [0.25, 0.3) is 17.0 Å². The summed E-state index contributed by atoms with van der Waals surface area (Å²) in [5.41, 5.74) is 1.86. The number of hydrogen-bond donors (Lipinski definition) is 1. The minimum atomic E-state index is -0.634. The standard InChI is InChI=1S/C25H21N3O6S/c29-22(26-17-5-7-18(8-6-17)27-9-11-33-12-10-27)14-28-24(31)21(35-25(28)32)13-16-15-34-20-4-2-1-3-19(20)23(16)30/h1-8,13,15H,9-12,14H2,(H,26,29)/b21-13-. The van der Waals surface area contributed by atoms with Gasteiger partial charge in [0.05, 0.1) is 29.1 Å². The highest BCUT2D eigenvalue weighted by Crippen LogP contribution is 2.32. The summed E-state index contributed by atoms with van der Waals surface area (Å²) < 4.78 is 10.8. The number of rotatable bonds is 5. The Kier molecular flexibility index (Phi) is 6.39. The second-order valence-corrected chi connectivity index (χ2v) is 8.97. The first-order valence-corrected chi connectivity index (χ1v) is 11.8. The van der Waals surface area contributed by atoms with Gasteiger partial charge in [-0.3, -0.25) is 24.1 Å². The first kappa shape index (κ1) is 22.9. The number of carbonyl (C=O) groups is 3. The van der Waals surface area contributed by atoms with Crippen LogP contribution in [0.5, 0.6) is 0 Å². The van der Waals surface area contributed by atoms with E-state index in [1.54, 1.807) is 36.4 Å². The largest absolute Gasteiger partial charge is 0.463 e. The lowest BCUT2D eigenvalue weighted by atomic mass is 10.1. The van der Waals surface area contributed by atoms with Gasteiger partial charge < -0.3 is 19.4 Å². The van der Waals surface area contributed by atoms with Crippen LogP contribution in [0.1, 0.15) is 5.56 Å². The summed E-state index contributed by atoms with van der Waals surface area (Å²) in [6, 6.07) is 14.1. The lowest BCUT2D eigenvalue weighted by molar-refractivity contribution is -0.127. The molecule has 2 aromatic carbocycles. The third-order valence-corrected chi connectivity index (χ3v) is 6.60. The maximum Gasteiger partial charge on any atom is 0.294 e. The molecule has 35 heavy (non-hydrogen) atoms. The molecule has 2 fully saturated rings. The van der Waals surface area contributed by atoms with E-state index in [1.807, 2.05) is 12.1 Å². The zero-order valence-electron chi connectivity index (χ0n) is 18.6. The van der Waals surface area contributed by atoms with Crippen molar-refractivity contribution in [1.29, 1.82) is 0 Å². The predicted octanol–water partition coefficient (Wildman–Crippen LogP) is 3.30. The molecular formula is C25H21N3O6S. The van der Waals surface area contributed by atoms with Gasteiger partial charge in [0.15, 0.2) is 5.43 Å². The second-order valence-electron chi connectivity index (χ2n) is 7.98. The Labute approximate surface area is 204 Å². The van der Waals surface area contributed by atoms with Crippen molar-refractivity contribution in [3.8, 4) is 0 Å². The number of carbonyl (C=O) groups excluding carboxylic acids is 3. The van der Waals surface area contributed by atoms with Gasteiger partial charge in [-0.25, -0.2) is 0 Å². The van der Waals surface area contributed by atoms with Gasteiger partial charge in [0.1, 0.15) is 18.4 Å². The van der Waals surface area contributed by atoms with Crippen molar-refractivity contribution < 1.29 is 23.5 Å². The lowest BCUT2D eigenvalue weighted by Gasteiger charge is -2.28. The molecule has 0 saturated carbocycles. The minimum Gasteiger partial charge on any atom is -0.463 e. The van der Waals surface area contributed by atoms with E-state index in [1.165, 1.54) is 12.3 Å². The van der Waals surface area contributed by atoms with E-state index in [2.05, 4.69) is 10.2 Å². The Morgan fingerprint density at radius 1 is 1.03 bits per heavy atom. The van der Waals surface area contributed by atoms with E-state index >= 15 is 0 Å². The number of fused-ring (bicyclic) bond motifs is 1. The van der Waals surface area contributed by atoms with Crippen LogP contribution >= 0.6 is 11.8 Å². The minimum absolute atomic E-state index is 0.0558. The topological polar surface area (TPSA) is 109 Å². The quantitative estimate of drug-likeness (QED) is 0.542. The summed E-state index contributed by atoms with van der Waals surface area (Å²) in [5, 5.41) is 2.51. The first-order valence-electron chi connectivity index (χ1n) is 11.0. The number of morpholine rings is 1.